The van der Waals surface area contributed by atoms with Gasteiger partial charge in [0.05, 0.1) is 6.61 Å². The van der Waals surface area contributed by atoms with Gasteiger partial charge in [0.25, 0.3) is 0 Å². The first kappa shape index (κ1) is 9.31. The molecule has 0 rings (SSSR count). The number of ether oxygens (including phenoxy) is 1. The van der Waals surface area contributed by atoms with Crippen molar-refractivity contribution in [3.8, 4) is 0 Å². The molecule has 1 unspecified atom stereocenters. The molecule has 0 aliphatic carbocycles. The Morgan fingerprint density at radius 1 is 1.44 bits per heavy atom. The van der Waals surface area contributed by atoms with Gasteiger partial charge in [0, 0.05) is 11.9 Å². The molecule has 0 fully saturated rings. The van der Waals surface area contributed by atoms with Crippen molar-refractivity contribution in [2.45, 2.75) is 31.9 Å². The van der Waals surface area contributed by atoms with E-state index in [0.717, 1.165) is 26.1 Å². The summed E-state index contributed by atoms with van der Waals surface area (Å²) in [6.07, 6.45) is 2.19. The van der Waals surface area contributed by atoms with E-state index in [1.165, 1.54) is 0 Å². The van der Waals surface area contributed by atoms with E-state index in [9.17, 15) is 0 Å². The fraction of sp³-hybridized carbons (Fsp3) is 1.00. The van der Waals surface area contributed by atoms with Crippen LogP contribution in [-0.2, 0) is 4.74 Å². The van der Waals surface area contributed by atoms with Gasteiger partial charge in [0.2, 0.25) is 0 Å². The van der Waals surface area contributed by atoms with E-state index in [2.05, 4.69) is 26.5 Å². The van der Waals surface area contributed by atoms with Gasteiger partial charge in [-0.05, 0) is 12.8 Å². The van der Waals surface area contributed by atoms with E-state index in [4.69, 9.17) is 4.74 Å². The Hall–Kier alpha value is 0.310. The smallest absolute Gasteiger partial charge is 0.0582 e. The summed E-state index contributed by atoms with van der Waals surface area (Å²) in [4.78, 5) is 0. The van der Waals surface area contributed by atoms with Crippen LogP contribution in [-0.4, -0.2) is 18.5 Å². The molecule has 0 aliphatic heterocycles. The van der Waals surface area contributed by atoms with Crippen molar-refractivity contribution in [2.75, 3.05) is 13.2 Å². The molecule has 0 amide bonds. The second-order valence-corrected chi connectivity index (χ2v) is 2.87. The van der Waals surface area contributed by atoms with E-state index in [1.807, 2.05) is 0 Å². The summed E-state index contributed by atoms with van der Waals surface area (Å²) in [6.45, 7) is 5.90. The van der Waals surface area contributed by atoms with Crippen molar-refractivity contribution in [3.05, 3.63) is 0 Å². The zero-order valence-corrected chi connectivity index (χ0v) is 7.16. The Kier molecular flexibility index (Phi) is 6.65. The molecule has 0 aromatic carbocycles. The van der Waals surface area contributed by atoms with Crippen molar-refractivity contribution < 1.29 is 4.74 Å². The lowest BCUT2D eigenvalue weighted by Gasteiger charge is -2.06. The van der Waals surface area contributed by atoms with Gasteiger partial charge in [-0.2, -0.15) is 12.6 Å². The molecular weight excluding hydrogens is 132 g/mol. The Morgan fingerprint density at radius 2 is 2.11 bits per heavy atom. The molecule has 0 bridgehead atoms. The summed E-state index contributed by atoms with van der Waals surface area (Å²) in [6, 6.07) is 0. The molecule has 0 saturated carbocycles. The van der Waals surface area contributed by atoms with Gasteiger partial charge in [0.1, 0.15) is 0 Å². The molecule has 0 aliphatic rings. The lowest BCUT2D eigenvalue weighted by molar-refractivity contribution is 0.135. The largest absolute Gasteiger partial charge is 0.380 e. The van der Waals surface area contributed by atoms with Crippen LogP contribution in [0.5, 0.6) is 0 Å². The molecule has 0 aromatic rings. The zero-order valence-electron chi connectivity index (χ0n) is 6.26. The molecular formula is C7H16OS. The lowest BCUT2D eigenvalue weighted by atomic mass is 10.3. The van der Waals surface area contributed by atoms with E-state index in [1.54, 1.807) is 0 Å². The maximum Gasteiger partial charge on any atom is 0.0582 e. The summed E-state index contributed by atoms with van der Waals surface area (Å²) in [5.74, 6) is 0. The normalized spacial score (nSPS) is 13.7. The van der Waals surface area contributed by atoms with Crippen LogP contribution in [0, 0.1) is 0 Å². The average Bonchev–Trinajstić information content (AvgIpc) is 1.89. The quantitative estimate of drug-likeness (QED) is 0.464. The van der Waals surface area contributed by atoms with Gasteiger partial charge >= 0.3 is 0 Å². The highest BCUT2D eigenvalue weighted by Gasteiger charge is 1.96. The predicted molar refractivity (Wildman–Crippen MR) is 44.2 cm³/mol. The van der Waals surface area contributed by atoms with E-state index in [-0.39, 0.29) is 0 Å². The van der Waals surface area contributed by atoms with E-state index < -0.39 is 0 Å². The summed E-state index contributed by atoms with van der Waals surface area (Å²) in [5.41, 5.74) is 0. The first-order valence-corrected chi connectivity index (χ1v) is 4.08. The van der Waals surface area contributed by atoms with Gasteiger partial charge in [-0.1, -0.05) is 13.8 Å². The van der Waals surface area contributed by atoms with Gasteiger partial charge < -0.3 is 4.74 Å². The predicted octanol–water partition coefficient (Wildman–Crippen LogP) is 2.12. The van der Waals surface area contributed by atoms with Crippen molar-refractivity contribution >= 4 is 12.6 Å². The number of rotatable bonds is 5. The molecule has 2 heteroatoms. The summed E-state index contributed by atoms with van der Waals surface area (Å²) in [7, 11) is 0. The summed E-state index contributed by atoms with van der Waals surface area (Å²) in [5, 5.41) is 0.427. The van der Waals surface area contributed by atoms with Crippen molar-refractivity contribution in [1.82, 2.24) is 0 Å². The van der Waals surface area contributed by atoms with Crippen LogP contribution < -0.4 is 0 Å². The van der Waals surface area contributed by atoms with Crippen LogP contribution in [0.4, 0.5) is 0 Å². The molecule has 0 N–H and O–H groups in total. The Bertz CT molecular complexity index is 56.9. The van der Waals surface area contributed by atoms with Crippen molar-refractivity contribution in [2.24, 2.45) is 0 Å². The number of hydrogen-bond donors (Lipinski definition) is 1. The number of thiol groups is 1. The highest BCUT2D eigenvalue weighted by atomic mass is 32.1. The zero-order chi connectivity index (χ0) is 7.11. The minimum absolute atomic E-state index is 0.427. The van der Waals surface area contributed by atoms with E-state index in [0.29, 0.717) is 5.25 Å². The summed E-state index contributed by atoms with van der Waals surface area (Å²) < 4.78 is 5.26. The summed E-state index contributed by atoms with van der Waals surface area (Å²) >= 11 is 4.28. The number of hydrogen-bond acceptors (Lipinski definition) is 2. The van der Waals surface area contributed by atoms with Crippen LogP contribution in [0.2, 0.25) is 0 Å². The second-order valence-electron chi connectivity index (χ2n) is 2.14. The van der Waals surface area contributed by atoms with Crippen LogP contribution in [0.15, 0.2) is 0 Å². The van der Waals surface area contributed by atoms with Crippen LogP contribution in [0.3, 0.4) is 0 Å². The van der Waals surface area contributed by atoms with Gasteiger partial charge in [0.15, 0.2) is 0 Å². The van der Waals surface area contributed by atoms with Crippen LogP contribution in [0.1, 0.15) is 26.7 Å². The molecule has 0 aromatic heterocycles. The molecule has 1 nitrogen and oxygen atoms in total. The third kappa shape index (κ3) is 6.19. The van der Waals surface area contributed by atoms with Gasteiger partial charge in [-0.15, -0.1) is 0 Å². The van der Waals surface area contributed by atoms with Gasteiger partial charge in [-0.25, -0.2) is 0 Å². The fourth-order valence-corrected chi connectivity index (χ4v) is 0.587. The van der Waals surface area contributed by atoms with Gasteiger partial charge in [-0.3, -0.25) is 0 Å². The first-order valence-electron chi connectivity index (χ1n) is 3.57. The molecule has 0 heterocycles. The molecule has 1 atom stereocenters. The maximum absolute atomic E-state index is 5.26. The van der Waals surface area contributed by atoms with Crippen LogP contribution >= 0.6 is 12.6 Å². The molecule has 56 valence electrons. The molecule has 0 spiro atoms. The Morgan fingerprint density at radius 3 is 2.56 bits per heavy atom. The third-order valence-corrected chi connectivity index (χ3v) is 1.64. The lowest BCUT2D eigenvalue weighted by Crippen LogP contribution is -2.07. The first-order chi connectivity index (χ1) is 4.31. The average molecular weight is 148 g/mol. The monoisotopic (exact) mass is 148 g/mol. The van der Waals surface area contributed by atoms with Crippen molar-refractivity contribution in [1.29, 1.82) is 0 Å². The Labute approximate surface area is 63.2 Å². The maximum atomic E-state index is 5.26. The molecule has 0 saturated heterocycles. The topological polar surface area (TPSA) is 9.23 Å². The molecule has 9 heavy (non-hydrogen) atoms. The van der Waals surface area contributed by atoms with E-state index >= 15 is 0 Å². The Balaban J connectivity index is 2.88. The van der Waals surface area contributed by atoms with Crippen molar-refractivity contribution in [3.63, 3.8) is 0 Å². The highest BCUT2D eigenvalue weighted by molar-refractivity contribution is 7.81. The fourth-order valence-electron chi connectivity index (χ4n) is 0.482. The SMILES string of the molecule is CCCOCC(S)CC. The third-order valence-electron chi connectivity index (χ3n) is 1.13. The minimum atomic E-state index is 0.427. The standard InChI is InChI=1S/C7H16OS/c1-3-5-8-6-7(9)4-2/h7,9H,3-6H2,1-2H3. The second kappa shape index (κ2) is 6.43. The molecule has 0 radical (unpaired) electrons. The minimum Gasteiger partial charge on any atom is -0.380 e. The highest BCUT2D eigenvalue weighted by Crippen LogP contribution is 2.00. The van der Waals surface area contributed by atoms with Crippen LogP contribution in [0.25, 0.3) is 0 Å².